The van der Waals surface area contributed by atoms with Gasteiger partial charge in [0.05, 0.1) is 0 Å². The Labute approximate surface area is 97.1 Å². The summed E-state index contributed by atoms with van der Waals surface area (Å²) in [7, 11) is 0. The molecule has 0 amide bonds. The average molecular weight is 224 g/mol. The lowest BCUT2D eigenvalue weighted by molar-refractivity contribution is 0.0756. The Bertz CT molecular complexity index is 262. The van der Waals surface area contributed by atoms with Crippen LogP contribution in [0.15, 0.2) is 24.5 Å². The van der Waals surface area contributed by atoms with Crippen molar-refractivity contribution in [1.82, 2.24) is 0 Å². The maximum Gasteiger partial charge on any atom is 0.513 e. The molecule has 0 spiro atoms. The zero-order valence-electron chi connectivity index (χ0n) is 9.91. The van der Waals surface area contributed by atoms with Crippen molar-refractivity contribution in [1.29, 1.82) is 0 Å². The standard InChI is InChI=1S/C13H20O3/c1-3-10-15-13(14)16-12(4-2)11-8-6-5-7-9-11/h3-4,11H,1,5-10H2,2H3/b12-4-. The predicted octanol–water partition coefficient (Wildman–Crippen LogP) is 3.81. The maximum absolute atomic E-state index is 11.3. The summed E-state index contributed by atoms with van der Waals surface area (Å²) in [6.07, 6.45) is 8.69. The quantitative estimate of drug-likeness (QED) is 0.414. The monoisotopic (exact) mass is 224 g/mol. The minimum Gasteiger partial charge on any atom is -0.430 e. The van der Waals surface area contributed by atoms with Crippen LogP contribution >= 0.6 is 0 Å². The topological polar surface area (TPSA) is 35.5 Å². The van der Waals surface area contributed by atoms with Gasteiger partial charge in [0.2, 0.25) is 0 Å². The summed E-state index contributed by atoms with van der Waals surface area (Å²) in [5, 5.41) is 0. The van der Waals surface area contributed by atoms with Gasteiger partial charge in [-0.25, -0.2) is 4.79 Å². The third kappa shape index (κ3) is 4.09. The lowest BCUT2D eigenvalue weighted by Crippen LogP contribution is -2.15. The fourth-order valence-corrected chi connectivity index (χ4v) is 2.02. The summed E-state index contributed by atoms with van der Waals surface area (Å²) in [4.78, 5) is 11.3. The van der Waals surface area contributed by atoms with Gasteiger partial charge < -0.3 is 9.47 Å². The number of hydrogen-bond acceptors (Lipinski definition) is 3. The maximum atomic E-state index is 11.3. The number of ether oxygens (including phenoxy) is 2. The van der Waals surface area contributed by atoms with Crippen LogP contribution in [0.2, 0.25) is 0 Å². The highest BCUT2D eigenvalue weighted by Gasteiger charge is 2.21. The van der Waals surface area contributed by atoms with Crippen LogP contribution < -0.4 is 0 Å². The van der Waals surface area contributed by atoms with E-state index in [9.17, 15) is 4.79 Å². The zero-order chi connectivity index (χ0) is 11.8. The largest absolute Gasteiger partial charge is 0.513 e. The minimum atomic E-state index is -0.626. The van der Waals surface area contributed by atoms with E-state index in [2.05, 4.69) is 6.58 Å². The van der Waals surface area contributed by atoms with Crippen molar-refractivity contribution in [3.63, 3.8) is 0 Å². The van der Waals surface area contributed by atoms with Crippen molar-refractivity contribution in [3.8, 4) is 0 Å². The predicted molar refractivity (Wildman–Crippen MR) is 63.0 cm³/mol. The molecule has 0 aromatic rings. The van der Waals surface area contributed by atoms with Gasteiger partial charge in [0.15, 0.2) is 0 Å². The summed E-state index contributed by atoms with van der Waals surface area (Å²) < 4.78 is 9.99. The van der Waals surface area contributed by atoms with Crippen molar-refractivity contribution < 1.29 is 14.3 Å². The van der Waals surface area contributed by atoms with Crippen LogP contribution in [0.25, 0.3) is 0 Å². The molecule has 1 fully saturated rings. The molecule has 0 aromatic heterocycles. The molecule has 0 atom stereocenters. The Hall–Kier alpha value is -1.25. The van der Waals surface area contributed by atoms with Crippen LogP contribution in [0.1, 0.15) is 39.0 Å². The van der Waals surface area contributed by atoms with Crippen molar-refractivity contribution >= 4 is 6.16 Å². The normalized spacial score (nSPS) is 17.9. The van der Waals surface area contributed by atoms with Gasteiger partial charge in [-0.1, -0.05) is 31.9 Å². The van der Waals surface area contributed by atoms with Crippen molar-refractivity contribution in [2.45, 2.75) is 39.0 Å². The molecule has 0 N–H and O–H groups in total. The number of carbonyl (C=O) groups is 1. The third-order valence-corrected chi connectivity index (χ3v) is 2.81. The van der Waals surface area contributed by atoms with Crippen molar-refractivity contribution in [3.05, 3.63) is 24.5 Å². The van der Waals surface area contributed by atoms with E-state index >= 15 is 0 Å². The average Bonchev–Trinajstić information content (AvgIpc) is 2.34. The Morgan fingerprint density at radius 2 is 2.06 bits per heavy atom. The lowest BCUT2D eigenvalue weighted by Gasteiger charge is -2.23. The molecule has 3 nitrogen and oxygen atoms in total. The first-order valence-electron chi connectivity index (χ1n) is 5.89. The van der Waals surface area contributed by atoms with Crippen LogP contribution in [0, 0.1) is 5.92 Å². The van der Waals surface area contributed by atoms with Gasteiger partial charge in [-0.15, -0.1) is 0 Å². The Balaban J connectivity index is 2.41. The van der Waals surface area contributed by atoms with Gasteiger partial charge in [-0.2, -0.15) is 0 Å². The smallest absolute Gasteiger partial charge is 0.430 e. The molecular formula is C13H20O3. The highest BCUT2D eigenvalue weighted by atomic mass is 16.7. The fraction of sp³-hybridized carbons (Fsp3) is 0.615. The highest BCUT2D eigenvalue weighted by Crippen LogP contribution is 2.30. The Morgan fingerprint density at radius 1 is 1.38 bits per heavy atom. The van der Waals surface area contributed by atoms with Crippen molar-refractivity contribution in [2.75, 3.05) is 6.61 Å². The van der Waals surface area contributed by atoms with E-state index in [1.165, 1.54) is 25.3 Å². The van der Waals surface area contributed by atoms with Gasteiger partial charge in [0.25, 0.3) is 0 Å². The van der Waals surface area contributed by atoms with E-state index < -0.39 is 6.16 Å². The highest BCUT2D eigenvalue weighted by molar-refractivity contribution is 5.61. The van der Waals surface area contributed by atoms with Crippen LogP contribution in [-0.4, -0.2) is 12.8 Å². The molecule has 0 bridgehead atoms. The third-order valence-electron chi connectivity index (χ3n) is 2.81. The Morgan fingerprint density at radius 3 is 2.62 bits per heavy atom. The molecule has 1 saturated carbocycles. The van der Waals surface area contributed by atoms with E-state index in [0.29, 0.717) is 5.92 Å². The molecule has 90 valence electrons. The molecule has 0 heterocycles. The summed E-state index contributed by atoms with van der Waals surface area (Å²) in [5.41, 5.74) is 0. The molecule has 3 heteroatoms. The summed E-state index contributed by atoms with van der Waals surface area (Å²) in [6.45, 7) is 5.56. The van der Waals surface area contributed by atoms with E-state index in [1.54, 1.807) is 0 Å². The van der Waals surface area contributed by atoms with Gasteiger partial charge in [0.1, 0.15) is 12.4 Å². The van der Waals surface area contributed by atoms with Crippen LogP contribution in [-0.2, 0) is 9.47 Å². The van der Waals surface area contributed by atoms with E-state index in [0.717, 1.165) is 18.6 Å². The molecule has 0 unspecified atom stereocenters. The second-order valence-electron chi connectivity index (χ2n) is 3.98. The zero-order valence-corrected chi connectivity index (χ0v) is 9.91. The van der Waals surface area contributed by atoms with E-state index in [-0.39, 0.29) is 6.61 Å². The molecule has 1 rings (SSSR count). The molecule has 1 aliphatic rings. The van der Waals surface area contributed by atoms with Gasteiger partial charge in [-0.05, 0) is 25.8 Å². The lowest BCUT2D eigenvalue weighted by atomic mass is 9.88. The number of allylic oxidation sites excluding steroid dienone is 2. The van der Waals surface area contributed by atoms with E-state index in [4.69, 9.17) is 9.47 Å². The van der Waals surface area contributed by atoms with Crippen LogP contribution in [0.5, 0.6) is 0 Å². The Kier molecular flexibility index (Phi) is 5.68. The van der Waals surface area contributed by atoms with E-state index in [1.807, 2.05) is 13.0 Å². The SMILES string of the molecule is C=CCOC(=O)O/C(=C\C)C1CCCCC1. The summed E-state index contributed by atoms with van der Waals surface area (Å²) in [5.74, 6) is 1.14. The van der Waals surface area contributed by atoms with Gasteiger partial charge in [0, 0.05) is 5.92 Å². The van der Waals surface area contributed by atoms with Crippen molar-refractivity contribution in [2.24, 2.45) is 5.92 Å². The van der Waals surface area contributed by atoms with Gasteiger partial charge >= 0.3 is 6.16 Å². The number of carbonyl (C=O) groups excluding carboxylic acids is 1. The number of rotatable bonds is 4. The molecular weight excluding hydrogens is 204 g/mol. The molecule has 0 radical (unpaired) electrons. The van der Waals surface area contributed by atoms with Crippen LogP contribution in [0.3, 0.4) is 0 Å². The molecule has 0 saturated heterocycles. The fourth-order valence-electron chi connectivity index (χ4n) is 2.02. The molecule has 16 heavy (non-hydrogen) atoms. The van der Waals surface area contributed by atoms with Crippen LogP contribution in [0.4, 0.5) is 4.79 Å². The second kappa shape index (κ2) is 7.09. The first-order chi connectivity index (χ1) is 7.77. The van der Waals surface area contributed by atoms with Gasteiger partial charge in [-0.3, -0.25) is 0 Å². The minimum absolute atomic E-state index is 0.195. The molecule has 0 aliphatic heterocycles. The second-order valence-corrected chi connectivity index (χ2v) is 3.98. The number of hydrogen-bond donors (Lipinski definition) is 0. The molecule has 0 aromatic carbocycles. The first-order valence-corrected chi connectivity index (χ1v) is 5.89. The molecule has 1 aliphatic carbocycles. The first kappa shape index (κ1) is 12.8. The summed E-state index contributed by atoms with van der Waals surface area (Å²) in [6, 6.07) is 0. The summed E-state index contributed by atoms with van der Waals surface area (Å²) >= 11 is 0.